The topological polar surface area (TPSA) is 79.8 Å². The first-order chi connectivity index (χ1) is 9.31. The van der Waals surface area contributed by atoms with Crippen LogP contribution in [0.4, 0.5) is 4.79 Å². The van der Waals surface area contributed by atoms with Gasteiger partial charge in [-0.25, -0.2) is 4.79 Å². The van der Waals surface area contributed by atoms with Gasteiger partial charge in [0, 0.05) is 39.1 Å². The molecule has 0 aromatic rings. The maximum Gasteiger partial charge on any atom is 0.407 e. The second-order valence-electron chi connectivity index (χ2n) is 6.30. The Morgan fingerprint density at radius 2 is 1.95 bits per heavy atom. The van der Waals surface area contributed by atoms with Gasteiger partial charge >= 0.3 is 6.09 Å². The van der Waals surface area contributed by atoms with E-state index in [-0.39, 0.29) is 6.09 Å². The molecule has 1 amide bonds. The first-order valence-electron chi connectivity index (χ1n) is 7.28. The summed E-state index contributed by atoms with van der Waals surface area (Å²) < 4.78 is 10.4. The van der Waals surface area contributed by atoms with E-state index in [0.717, 1.165) is 13.0 Å². The van der Waals surface area contributed by atoms with Crippen molar-refractivity contribution in [2.24, 2.45) is 0 Å². The fraction of sp³-hybridized carbons (Fsp3) is 0.929. The van der Waals surface area contributed by atoms with Gasteiger partial charge in [0.1, 0.15) is 5.60 Å². The summed E-state index contributed by atoms with van der Waals surface area (Å²) in [5, 5.41) is 16.1. The number of aliphatic hydroxyl groups is 1. The van der Waals surface area contributed by atoms with Gasteiger partial charge in [-0.3, -0.25) is 0 Å². The quantitative estimate of drug-likeness (QED) is 0.636. The Bertz CT molecular complexity index is 296. The van der Waals surface area contributed by atoms with Crippen LogP contribution >= 0.6 is 0 Å². The van der Waals surface area contributed by atoms with E-state index in [9.17, 15) is 9.90 Å². The molecule has 0 bridgehead atoms. The summed E-state index contributed by atoms with van der Waals surface area (Å²) in [6, 6.07) is 0. The zero-order valence-electron chi connectivity index (χ0n) is 12.8. The molecular formula is C14H28N2O4. The van der Waals surface area contributed by atoms with Crippen molar-refractivity contribution in [2.75, 3.05) is 32.8 Å². The van der Waals surface area contributed by atoms with Crippen LogP contribution in [-0.2, 0) is 9.47 Å². The van der Waals surface area contributed by atoms with Gasteiger partial charge in [-0.15, -0.1) is 0 Å². The molecule has 1 saturated heterocycles. The minimum Gasteiger partial charge on any atom is -0.444 e. The van der Waals surface area contributed by atoms with Crippen LogP contribution in [0, 0.1) is 0 Å². The second kappa shape index (κ2) is 7.81. The smallest absolute Gasteiger partial charge is 0.407 e. The highest BCUT2D eigenvalue weighted by Crippen LogP contribution is 2.18. The normalized spacial score (nSPS) is 18.6. The SMILES string of the molecule is CC(C)(C)OC(=O)NCCCNCC1(O)CCOCC1. The number of carbonyl (C=O) groups is 1. The van der Waals surface area contributed by atoms with Crippen molar-refractivity contribution in [1.29, 1.82) is 0 Å². The number of ether oxygens (including phenoxy) is 2. The van der Waals surface area contributed by atoms with Gasteiger partial charge in [-0.1, -0.05) is 0 Å². The molecule has 0 unspecified atom stereocenters. The number of alkyl carbamates (subject to hydrolysis) is 1. The third-order valence-electron chi connectivity index (χ3n) is 3.08. The first kappa shape index (κ1) is 17.2. The molecule has 0 atom stereocenters. The molecule has 0 spiro atoms. The summed E-state index contributed by atoms with van der Waals surface area (Å²) in [4.78, 5) is 11.4. The molecule has 6 nitrogen and oxygen atoms in total. The van der Waals surface area contributed by atoms with Crippen LogP contribution in [0.2, 0.25) is 0 Å². The van der Waals surface area contributed by atoms with Crippen LogP contribution in [0.5, 0.6) is 0 Å². The maximum atomic E-state index is 11.4. The van der Waals surface area contributed by atoms with Crippen LogP contribution in [-0.4, -0.2) is 55.2 Å². The largest absolute Gasteiger partial charge is 0.444 e. The van der Waals surface area contributed by atoms with E-state index in [1.165, 1.54) is 0 Å². The molecule has 0 aromatic carbocycles. The molecule has 118 valence electrons. The average molecular weight is 288 g/mol. The summed E-state index contributed by atoms with van der Waals surface area (Å²) in [6.45, 7) is 8.64. The van der Waals surface area contributed by atoms with E-state index in [4.69, 9.17) is 9.47 Å². The lowest BCUT2D eigenvalue weighted by molar-refractivity contribution is -0.0614. The monoisotopic (exact) mass is 288 g/mol. The fourth-order valence-electron chi connectivity index (χ4n) is 1.97. The second-order valence-corrected chi connectivity index (χ2v) is 6.30. The molecule has 0 saturated carbocycles. The molecule has 1 aliphatic heterocycles. The molecule has 0 aromatic heterocycles. The number of nitrogens with one attached hydrogen (secondary N) is 2. The highest BCUT2D eigenvalue weighted by Gasteiger charge is 2.28. The minimum absolute atomic E-state index is 0.388. The van der Waals surface area contributed by atoms with Gasteiger partial charge in [-0.2, -0.15) is 0 Å². The first-order valence-corrected chi connectivity index (χ1v) is 7.28. The van der Waals surface area contributed by atoms with Gasteiger partial charge in [0.25, 0.3) is 0 Å². The lowest BCUT2D eigenvalue weighted by Gasteiger charge is -2.32. The van der Waals surface area contributed by atoms with Gasteiger partial charge < -0.3 is 25.2 Å². The van der Waals surface area contributed by atoms with E-state index in [1.807, 2.05) is 20.8 Å². The number of rotatable bonds is 6. The third-order valence-corrected chi connectivity index (χ3v) is 3.08. The van der Waals surface area contributed by atoms with Crippen LogP contribution in [0.25, 0.3) is 0 Å². The summed E-state index contributed by atoms with van der Waals surface area (Å²) in [7, 11) is 0. The molecule has 20 heavy (non-hydrogen) atoms. The van der Waals surface area contributed by atoms with Gasteiger partial charge in [-0.05, 0) is 33.7 Å². The van der Waals surface area contributed by atoms with Crippen molar-refractivity contribution in [3.63, 3.8) is 0 Å². The van der Waals surface area contributed by atoms with Crippen molar-refractivity contribution in [1.82, 2.24) is 10.6 Å². The highest BCUT2D eigenvalue weighted by molar-refractivity contribution is 5.67. The Labute approximate surface area is 121 Å². The van der Waals surface area contributed by atoms with Gasteiger partial charge in [0.2, 0.25) is 0 Å². The zero-order chi connectivity index (χ0) is 15.1. The summed E-state index contributed by atoms with van der Waals surface area (Å²) in [5.41, 5.74) is -1.11. The van der Waals surface area contributed by atoms with Crippen LogP contribution in [0.3, 0.4) is 0 Å². The molecular weight excluding hydrogens is 260 g/mol. The van der Waals surface area contributed by atoms with Gasteiger partial charge in [0.15, 0.2) is 0 Å². The molecule has 3 N–H and O–H groups in total. The Morgan fingerprint density at radius 3 is 2.55 bits per heavy atom. The molecule has 0 aliphatic carbocycles. The van der Waals surface area contributed by atoms with E-state index in [0.29, 0.717) is 39.1 Å². The Kier molecular flexibility index (Phi) is 6.71. The average Bonchev–Trinajstić information content (AvgIpc) is 2.32. The van der Waals surface area contributed by atoms with Crippen molar-refractivity contribution in [3.8, 4) is 0 Å². The molecule has 1 aliphatic rings. The van der Waals surface area contributed by atoms with Crippen molar-refractivity contribution >= 4 is 6.09 Å². The lowest BCUT2D eigenvalue weighted by Crippen LogP contribution is -2.45. The number of hydrogen-bond donors (Lipinski definition) is 3. The standard InChI is InChI=1S/C14H28N2O4/c1-13(2,3)20-12(17)16-8-4-7-15-11-14(18)5-9-19-10-6-14/h15,18H,4-11H2,1-3H3,(H,16,17). The summed E-state index contributed by atoms with van der Waals surface area (Å²) in [5.74, 6) is 0. The number of carbonyl (C=O) groups excluding carboxylic acids is 1. The fourth-order valence-corrected chi connectivity index (χ4v) is 1.97. The molecule has 6 heteroatoms. The minimum atomic E-state index is -0.642. The highest BCUT2D eigenvalue weighted by atomic mass is 16.6. The Morgan fingerprint density at radius 1 is 1.30 bits per heavy atom. The molecule has 1 rings (SSSR count). The van der Waals surface area contributed by atoms with E-state index in [1.54, 1.807) is 0 Å². The van der Waals surface area contributed by atoms with Crippen LogP contribution in [0.15, 0.2) is 0 Å². The molecule has 0 radical (unpaired) electrons. The predicted molar refractivity (Wildman–Crippen MR) is 76.7 cm³/mol. The van der Waals surface area contributed by atoms with Crippen LogP contribution in [0.1, 0.15) is 40.0 Å². The number of amides is 1. The van der Waals surface area contributed by atoms with Crippen molar-refractivity contribution in [2.45, 2.75) is 51.2 Å². The van der Waals surface area contributed by atoms with E-state index >= 15 is 0 Å². The third kappa shape index (κ3) is 7.67. The summed E-state index contributed by atoms with van der Waals surface area (Å²) in [6.07, 6.45) is 1.76. The van der Waals surface area contributed by atoms with Gasteiger partial charge in [0.05, 0.1) is 5.60 Å². The van der Waals surface area contributed by atoms with Crippen LogP contribution < -0.4 is 10.6 Å². The Balaban J connectivity index is 2.01. The maximum absolute atomic E-state index is 11.4. The van der Waals surface area contributed by atoms with E-state index in [2.05, 4.69) is 10.6 Å². The summed E-state index contributed by atoms with van der Waals surface area (Å²) >= 11 is 0. The Hall–Kier alpha value is -0.850. The number of hydrogen-bond acceptors (Lipinski definition) is 5. The zero-order valence-corrected chi connectivity index (χ0v) is 12.8. The van der Waals surface area contributed by atoms with Crippen molar-refractivity contribution in [3.05, 3.63) is 0 Å². The van der Waals surface area contributed by atoms with Crippen molar-refractivity contribution < 1.29 is 19.4 Å². The van der Waals surface area contributed by atoms with E-state index < -0.39 is 11.2 Å². The molecule has 1 fully saturated rings. The lowest BCUT2D eigenvalue weighted by atomic mass is 9.94. The molecule has 1 heterocycles. The predicted octanol–water partition coefficient (Wildman–Crippen LogP) is 1.03.